The van der Waals surface area contributed by atoms with E-state index in [0.29, 0.717) is 5.75 Å². The Morgan fingerprint density at radius 2 is 1.84 bits per heavy atom. The second-order valence-electron chi connectivity index (χ2n) is 7.69. The van der Waals surface area contributed by atoms with E-state index in [2.05, 4.69) is 46.2 Å². The number of nitrogens with zero attached hydrogens (tertiary/aromatic N) is 4. The minimum Gasteiger partial charge on any atom is -0.439 e. The Bertz CT molecular complexity index is 1130. The summed E-state index contributed by atoms with van der Waals surface area (Å²) in [7, 11) is -1.52. The molecule has 0 radical (unpaired) electrons. The lowest BCUT2D eigenvalue weighted by Crippen LogP contribution is -2.19. The van der Waals surface area contributed by atoms with Gasteiger partial charge in [0.2, 0.25) is 5.88 Å². The van der Waals surface area contributed by atoms with E-state index >= 15 is 0 Å². The molecule has 0 saturated carbocycles. The molecule has 3 rings (SSSR count). The third-order valence-electron chi connectivity index (χ3n) is 3.87. The van der Waals surface area contributed by atoms with Gasteiger partial charge >= 0.3 is 6.18 Å². The van der Waals surface area contributed by atoms with Gasteiger partial charge in [0.1, 0.15) is 33.0 Å². The van der Waals surface area contributed by atoms with Crippen LogP contribution in [-0.2, 0) is 12.7 Å². The van der Waals surface area contributed by atoms with Crippen LogP contribution < -0.4 is 4.74 Å². The Kier molecular flexibility index (Phi) is 6.26. The molecule has 1 aromatic carbocycles. The van der Waals surface area contributed by atoms with Crippen molar-refractivity contribution in [2.45, 2.75) is 32.4 Å². The third kappa shape index (κ3) is 6.26. The molecule has 31 heavy (non-hydrogen) atoms. The first-order chi connectivity index (χ1) is 14.5. The van der Waals surface area contributed by atoms with Gasteiger partial charge in [0.05, 0.1) is 5.56 Å². The van der Waals surface area contributed by atoms with E-state index in [4.69, 9.17) is 4.74 Å². The molecule has 0 unspecified atom stereocenters. The van der Waals surface area contributed by atoms with Crippen LogP contribution in [-0.4, -0.2) is 33.6 Å². The number of ether oxygens (including phenoxy) is 1. The fourth-order valence-corrected chi connectivity index (χ4v) is 2.99. The van der Waals surface area contributed by atoms with Gasteiger partial charge in [-0.2, -0.15) is 18.3 Å². The standard InChI is InChI=1S/C21H19F3N4O2Si/c1-31(2,3)11-10-15-4-6-16(7-5-15)30-19-9-8-17(20(27-19)21(22,23)24)18(29)12-28-14-25-13-26-28/h4-9,13-14H,12H2,1-3H3. The molecule has 6 nitrogen and oxygen atoms in total. The molecule has 10 heteroatoms. The highest BCUT2D eigenvalue weighted by atomic mass is 28.3. The summed E-state index contributed by atoms with van der Waals surface area (Å²) in [5, 5.41) is 3.73. The molecule has 0 fully saturated rings. The van der Waals surface area contributed by atoms with Crippen molar-refractivity contribution in [3.05, 3.63) is 65.9 Å². The maximum atomic E-state index is 13.5. The highest BCUT2D eigenvalue weighted by molar-refractivity contribution is 6.83. The largest absolute Gasteiger partial charge is 0.439 e. The number of carbonyl (C=O) groups excluding carboxylic acids is 1. The zero-order valence-corrected chi connectivity index (χ0v) is 18.1. The molecule has 0 spiro atoms. The van der Waals surface area contributed by atoms with E-state index < -0.39 is 31.3 Å². The summed E-state index contributed by atoms with van der Waals surface area (Å²) in [4.78, 5) is 19.6. The highest BCUT2D eigenvalue weighted by Crippen LogP contribution is 2.33. The summed E-state index contributed by atoms with van der Waals surface area (Å²) < 4.78 is 47.2. The summed E-state index contributed by atoms with van der Waals surface area (Å²) in [6.45, 7) is 6.00. The normalized spacial score (nSPS) is 11.5. The zero-order chi connectivity index (χ0) is 22.6. The average molecular weight is 444 g/mol. The van der Waals surface area contributed by atoms with Crippen molar-refractivity contribution in [3.63, 3.8) is 0 Å². The maximum Gasteiger partial charge on any atom is 0.434 e. The first kappa shape index (κ1) is 22.2. The summed E-state index contributed by atoms with van der Waals surface area (Å²) in [6, 6.07) is 8.94. The number of rotatable bonds is 5. The van der Waals surface area contributed by atoms with Crippen molar-refractivity contribution >= 4 is 13.9 Å². The molecule has 3 aromatic rings. The predicted octanol–water partition coefficient (Wildman–Crippen LogP) is 4.60. The quantitative estimate of drug-likeness (QED) is 0.327. The molecule has 0 amide bonds. The minimum atomic E-state index is -4.83. The van der Waals surface area contributed by atoms with Gasteiger partial charge in [-0.15, -0.1) is 5.54 Å². The van der Waals surface area contributed by atoms with E-state index in [1.165, 1.54) is 18.7 Å². The molecule has 2 heterocycles. The van der Waals surface area contributed by atoms with Gasteiger partial charge in [-0.25, -0.2) is 14.6 Å². The van der Waals surface area contributed by atoms with E-state index in [1.807, 2.05) is 0 Å². The Morgan fingerprint density at radius 1 is 1.13 bits per heavy atom. The molecule has 0 aliphatic carbocycles. The summed E-state index contributed by atoms with van der Waals surface area (Å²) >= 11 is 0. The second-order valence-corrected chi connectivity index (χ2v) is 12.4. The van der Waals surface area contributed by atoms with Crippen LogP contribution in [0.15, 0.2) is 49.1 Å². The zero-order valence-electron chi connectivity index (χ0n) is 17.1. The number of hydrogen-bond donors (Lipinski definition) is 0. The predicted molar refractivity (Wildman–Crippen MR) is 110 cm³/mol. The fraction of sp³-hybridized carbons (Fsp3) is 0.238. The number of Topliss-reactive ketones (excluding diaryl/α,β-unsaturated/α-hetero) is 1. The second kappa shape index (κ2) is 8.73. The van der Waals surface area contributed by atoms with Gasteiger partial charge in [-0.3, -0.25) is 4.79 Å². The van der Waals surface area contributed by atoms with Crippen LogP contribution >= 0.6 is 0 Å². The Morgan fingerprint density at radius 3 is 2.42 bits per heavy atom. The number of aromatic nitrogens is 4. The average Bonchev–Trinajstić information content (AvgIpc) is 3.19. The van der Waals surface area contributed by atoms with E-state index in [9.17, 15) is 18.0 Å². The van der Waals surface area contributed by atoms with E-state index in [-0.39, 0.29) is 12.4 Å². The number of hydrogen-bond acceptors (Lipinski definition) is 5. The van der Waals surface area contributed by atoms with Crippen LogP contribution in [0.1, 0.15) is 21.6 Å². The van der Waals surface area contributed by atoms with Crippen LogP contribution in [0.4, 0.5) is 13.2 Å². The van der Waals surface area contributed by atoms with Gasteiger partial charge in [-0.1, -0.05) is 25.6 Å². The Labute approximate surface area is 178 Å². The Hall–Kier alpha value is -3.45. The first-order valence-corrected chi connectivity index (χ1v) is 12.8. The Balaban J connectivity index is 1.82. The molecule has 160 valence electrons. The van der Waals surface area contributed by atoms with Crippen molar-refractivity contribution in [3.8, 4) is 23.1 Å². The number of benzene rings is 1. The SMILES string of the molecule is C[Si](C)(C)C#Cc1ccc(Oc2ccc(C(=O)Cn3cncn3)c(C(F)(F)F)n2)cc1. The summed E-state index contributed by atoms with van der Waals surface area (Å²) in [6.07, 6.45) is -2.40. The smallest absolute Gasteiger partial charge is 0.434 e. The number of halogens is 3. The third-order valence-corrected chi connectivity index (χ3v) is 4.74. The maximum absolute atomic E-state index is 13.5. The molecule has 0 aliphatic rings. The van der Waals surface area contributed by atoms with Crippen LogP contribution in [0, 0.1) is 11.5 Å². The molecule has 0 bridgehead atoms. The number of pyridine rings is 1. The lowest BCUT2D eigenvalue weighted by molar-refractivity contribution is -0.141. The lowest BCUT2D eigenvalue weighted by atomic mass is 10.1. The molecule has 0 aliphatic heterocycles. The van der Waals surface area contributed by atoms with Gasteiger partial charge in [0.25, 0.3) is 0 Å². The topological polar surface area (TPSA) is 69.9 Å². The molecule has 0 N–H and O–H groups in total. The monoisotopic (exact) mass is 444 g/mol. The van der Waals surface area contributed by atoms with Gasteiger partial charge < -0.3 is 4.74 Å². The lowest BCUT2D eigenvalue weighted by Gasteiger charge is -2.13. The van der Waals surface area contributed by atoms with Crippen LogP contribution in [0.2, 0.25) is 19.6 Å². The van der Waals surface area contributed by atoms with E-state index in [0.717, 1.165) is 16.3 Å². The van der Waals surface area contributed by atoms with Crippen LogP contribution in [0.3, 0.4) is 0 Å². The van der Waals surface area contributed by atoms with Crippen LogP contribution in [0.5, 0.6) is 11.6 Å². The highest BCUT2D eigenvalue weighted by Gasteiger charge is 2.37. The van der Waals surface area contributed by atoms with Crippen molar-refractivity contribution in [1.29, 1.82) is 0 Å². The van der Waals surface area contributed by atoms with Crippen LogP contribution in [0.25, 0.3) is 0 Å². The minimum absolute atomic E-state index is 0.273. The number of alkyl halides is 3. The molecular weight excluding hydrogens is 425 g/mol. The van der Waals surface area contributed by atoms with Crippen molar-refractivity contribution in [1.82, 2.24) is 19.7 Å². The number of carbonyl (C=O) groups is 1. The van der Waals surface area contributed by atoms with Crippen molar-refractivity contribution in [2.24, 2.45) is 0 Å². The molecule has 2 aromatic heterocycles. The number of ketones is 1. The molecule has 0 saturated heterocycles. The summed E-state index contributed by atoms with van der Waals surface area (Å²) in [5.74, 6) is 2.33. The summed E-state index contributed by atoms with van der Waals surface area (Å²) in [5.41, 5.74) is 2.14. The van der Waals surface area contributed by atoms with Crippen molar-refractivity contribution < 1.29 is 22.7 Å². The molecular formula is C21H19F3N4O2Si. The molecule has 0 atom stereocenters. The fourth-order valence-electron chi connectivity index (χ4n) is 2.47. The van der Waals surface area contributed by atoms with Gasteiger partial charge in [-0.05, 0) is 30.3 Å². The van der Waals surface area contributed by atoms with Gasteiger partial charge in [0, 0.05) is 11.6 Å². The van der Waals surface area contributed by atoms with Crippen molar-refractivity contribution in [2.75, 3.05) is 0 Å². The van der Waals surface area contributed by atoms with Gasteiger partial charge in [0.15, 0.2) is 11.5 Å². The van der Waals surface area contributed by atoms with E-state index in [1.54, 1.807) is 24.3 Å². The first-order valence-electron chi connectivity index (χ1n) is 9.26.